The molecule has 2 heterocycles. The van der Waals surface area contributed by atoms with Crippen LogP contribution < -0.4 is 26.2 Å². The van der Waals surface area contributed by atoms with Gasteiger partial charge in [0.05, 0.1) is 22.2 Å². The van der Waals surface area contributed by atoms with Crippen LogP contribution in [0.4, 0.5) is 34.1 Å². The first-order valence-electron chi connectivity index (χ1n) is 26.8. The fourth-order valence-electron chi connectivity index (χ4n) is 13.3. The summed E-state index contributed by atoms with van der Waals surface area (Å²) in [5, 5.41) is 0. The Morgan fingerprint density at radius 2 is 0.532 bits per heavy atom. The van der Waals surface area contributed by atoms with Crippen LogP contribution in [-0.4, -0.2) is 6.71 Å². The number of hydrogen-bond donors (Lipinski definition) is 0. The molecule has 12 aromatic carbocycles. The minimum atomic E-state index is -0.705. The Balaban J connectivity index is 1.08. The summed E-state index contributed by atoms with van der Waals surface area (Å²) in [4.78, 5) is 5.18. The molecule has 0 amide bonds. The molecule has 2 nitrogen and oxygen atoms in total. The van der Waals surface area contributed by atoms with E-state index in [1.54, 1.807) is 0 Å². The maximum Gasteiger partial charge on any atom is 0.252 e. The highest BCUT2D eigenvalue weighted by Gasteiger charge is 2.48. The van der Waals surface area contributed by atoms with Crippen molar-refractivity contribution in [1.82, 2.24) is 0 Å². The molecular weight excluding hydrogens is 928 g/mol. The molecule has 0 saturated carbocycles. The van der Waals surface area contributed by atoms with Crippen LogP contribution in [0.2, 0.25) is 0 Å². The summed E-state index contributed by atoms with van der Waals surface area (Å²) in [5.41, 5.74) is 21.2. The number of anilines is 6. The molecule has 0 bridgehead atoms. The largest absolute Gasteiger partial charge is 0.311 e. The topological polar surface area (TPSA) is 6.48 Å². The Bertz CT molecular complexity index is 3830. The average Bonchev–Trinajstić information content (AvgIpc) is 3.66. The van der Waals surface area contributed by atoms with Gasteiger partial charge >= 0.3 is 0 Å². The first kappa shape index (κ1) is 45.9. The summed E-state index contributed by atoms with van der Waals surface area (Å²) >= 11 is 0. The zero-order valence-corrected chi connectivity index (χ0v) is 42.6. The molecule has 2 aliphatic rings. The Kier molecular flexibility index (Phi) is 11.5. The third-order valence-electron chi connectivity index (χ3n) is 16.3. The molecule has 3 heteroatoms. The third-order valence-corrected chi connectivity index (χ3v) is 16.3. The first-order valence-corrected chi connectivity index (χ1v) is 26.8. The van der Waals surface area contributed by atoms with Crippen molar-refractivity contribution in [1.29, 1.82) is 0 Å². The Labute approximate surface area is 452 Å². The van der Waals surface area contributed by atoms with Gasteiger partial charge in [-0.1, -0.05) is 285 Å². The molecule has 0 fully saturated rings. The second-order valence-electron chi connectivity index (χ2n) is 20.2. The average molecular weight is 981 g/mol. The van der Waals surface area contributed by atoms with E-state index in [4.69, 9.17) is 0 Å². The zero-order chi connectivity index (χ0) is 51.2. The number of nitrogens with zero attached hydrogens (tertiary/aromatic N) is 2. The summed E-state index contributed by atoms with van der Waals surface area (Å²) < 4.78 is 0. The van der Waals surface area contributed by atoms with E-state index in [0.29, 0.717) is 0 Å². The monoisotopic (exact) mass is 980 g/mol. The van der Waals surface area contributed by atoms with Crippen LogP contribution in [0.5, 0.6) is 0 Å². The van der Waals surface area contributed by atoms with Crippen molar-refractivity contribution in [2.75, 3.05) is 9.80 Å². The number of benzene rings is 12. The lowest BCUT2D eigenvalue weighted by Crippen LogP contribution is -2.61. The fraction of sp³-hybridized carbons (Fsp3) is 0.0270. The van der Waals surface area contributed by atoms with Crippen LogP contribution >= 0.6 is 0 Å². The van der Waals surface area contributed by atoms with E-state index >= 15 is 0 Å². The lowest BCUT2D eigenvalue weighted by Gasteiger charge is -2.47. The standard InChI is InChI=1S/C74H53BN2/c1-8-29-54(30-9-1)55-51-52-69-65(53-55)75-64-45-24-27-48-68(64)76(66-46-25-22-43-62(66)73(56-31-10-2-11-32-56,57-33-12-3-13-34-57)58-35-14-4-15-36-58)70-49-28-50-71(72(70)75)77(69)67-47-26-23-44-63(67)74(59-37-16-5-17-38-59,60-39-18-6-19-40-60)61-41-20-7-21-42-61/h1-53H. The van der Waals surface area contributed by atoms with E-state index in [1.807, 2.05) is 0 Å². The highest BCUT2D eigenvalue weighted by molar-refractivity contribution is 7.00. The molecular formula is C74H53BN2. The van der Waals surface area contributed by atoms with Crippen LogP contribution in [0.1, 0.15) is 44.5 Å². The summed E-state index contributed by atoms with van der Waals surface area (Å²) in [6.45, 7) is -0.0906. The van der Waals surface area contributed by atoms with Gasteiger partial charge in [0.1, 0.15) is 0 Å². The van der Waals surface area contributed by atoms with E-state index in [0.717, 1.165) is 28.4 Å². The van der Waals surface area contributed by atoms with E-state index in [1.165, 1.54) is 77.7 Å². The minimum absolute atomic E-state index is 0.0906. The Morgan fingerprint density at radius 3 is 0.935 bits per heavy atom. The molecule has 2 aliphatic heterocycles. The van der Waals surface area contributed by atoms with Crippen molar-refractivity contribution in [3.8, 4) is 11.1 Å². The number of para-hydroxylation sites is 3. The lowest BCUT2D eigenvalue weighted by atomic mass is 9.33. The minimum Gasteiger partial charge on any atom is -0.311 e. The lowest BCUT2D eigenvalue weighted by molar-refractivity contribution is 0.744. The molecule has 0 atom stereocenters. The Morgan fingerprint density at radius 1 is 0.221 bits per heavy atom. The number of fused-ring (bicyclic) bond motifs is 4. The molecule has 77 heavy (non-hydrogen) atoms. The molecule has 0 radical (unpaired) electrons. The van der Waals surface area contributed by atoms with Gasteiger partial charge in [-0.15, -0.1) is 0 Å². The van der Waals surface area contributed by atoms with Gasteiger partial charge in [0.2, 0.25) is 0 Å². The van der Waals surface area contributed by atoms with Gasteiger partial charge in [-0.25, -0.2) is 0 Å². The number of hydrogen-bond acceptors (Lipinski definition) is 2. The number of rotatable bonds is 11. The van der Waals surface area contributed by atoms with Crippen LogP contribution in [0.25, 0.3) is 11.1 Å². The molecule has 0 saturated heterocycles. The van der Waals surface area contributed by atoms with Crippen LogP contribution in [-0.2, 0) is 10.8 Å². The van der Waals surface area contributed by atoms with E-state index in [2.05, 4.69) is 331 Å². The molecule has 0 aromatic heterocycles. The normalized spacial score (nSPS) is 12.6. The van der Waals surface area contributed by atoms with Crippen molar-refractivity contribution in [2.45, 2.75) is 10.8 Å². The highest BCUT2D eigenvalue weighted by Crippen LogP contribution is 2.54. The summed E-state index contributed by atoms with van der Waals surface area (Å²) in [6.07, 6.45) is 0. The summed E-state index contributed by atoms with van der Waals surface area (Å²) in [7, 11) is 0. The zero-order valence-electron chi connectivity index (χ0n) is 42.6. The van der Waals surface area contributed by atoms with Gasteiger partial charge in [-0.2, -0.15) is 0 Å². The van der Waals surface area contributed by atoms with Gasteiger partial charge in [0, 0.05) is 22.7 Å². The molecule has 0 N–H and O–H groups in total. The quantitative estimate of drug-likeness (QED) is 0.0941. The van der Waals surface area contributed by atoms with Gasteiger partial charge in [-0.05, 0) is 108 Å². The van der Waals surface area contributed by atoms with E-state index in [9.17, 15) is 0 Å². The van der Waals surface area contributed by atoms with Crippen molar-refractivity contribution in [2.24, 2.45) is 0 Å². The molecule has 0 unspecified atom stereocenters. The van der Waals surface area contributed by atoms with Crippen LogP contribution in [0.15, 0.2) is 322 Å². The van der Waals surface area contributed by atoms with E-state index < -0.39 is 10.8 Å². The van der Waals surface area contributed by atoms with E-state index in [-0.39, 0.29) is 6.71 Å². The second kappa shape index (κ2) is 19.2. The van der Waals surface area contributed by atoms with Crippen molar-refractivity contribution < 1.29 is 0 Å². The highest BCUT2D eigenvalue weighted by atomic mass is 15.2. The van der Waals surface area contributed by atoms with Crippen molar-refractivity contribution in [3.05, 3.63) is 366 Å². The third kappa shape index (κ3) is 7.26. The van der Waals surface area contributed by atoms with Crippen LogP contribution in [0, 0.1) is 0 Å². The SMILES string of the molecule is c1ccc(-c2ccc3c(c2)B2c4ccccc4N(c4ccccc4C(c4ccccc4)(c4ccccc4)c4ccccc4)c4cccc(c42)N3c2ccccc2C(c2ccccc2)(c2ccccc2)c2ccccc2)cc1. The van der Waals surface area contributed by atoms with Gasteiger partial charge in [-0.3, -0.25) is 0 Å². The second-order valence-corrected chi connectivity index (χ2v) is 20.2. The van der Waals surface area contributed by atoms with Crippen LogP contribution in [0.3, 0.4) is 0 Å². The first-order chi connectivity index (χ1) is 38.3. The maximum atomic E-state index is 2.60. The molecule has 0 aliphatic carbocycles. The smallest absolute Gasteiger partial charge is 0.252 e. The fourth-order valence-corrected chi connectivity index (χ4v) is 13.3. The summed E-state index contributed by atoms with van der Waals surface area (Å²) in [5.74, 6) is 0. The predicted molar refractivity (Wildman–Crippen MR) is 323 cm³/mol. The van der Waals surface area contributed by atoms with Gasteiger partial charge in [0.15, 0.2) is 0 Å². The molecule has 12 aromatic rings. The van der Waals surface area contributed by atoms with Crippen molar-refractivity contribution >= 4 is 57.2 Å². The van der Waals surface area contributed by atoms with Gasteiger partial charge < -0.3 is 9.80 Å². The van der Waals surface area contributed by atoms with Crippen molar-refractivity contribution in [3.63, 3.8) is 0 Å². The molecule has 0 spiro atoms. The maximum absolute atomic E-state index is 2.60. The predicted octanol–water partition coefficient (Wildman–Crippen LogP) is 16.2. The van der Waals surface area contributed by atoms with Gasteiger partial charge in [0.25, 0.3) is 6.71 Å². The molecule has 362 valence electrons. The Hall–Kier alpha value is -9.70. The summed E-state index contributed by atoms with van der Waals surface area (Å²) in [6, 6.07) is 119. The molecule has 14 rings (SSSR count).